The van der Waals surface area contributed by atoms with E-state index in [9.17, 15) is 9.59 Å². The minimum Gasteiger partial charge on any atom is -0.493 e. The number of imide groups is 1. The third kappa shape index (κ3) is 5.75. The smallest absolute Gasteiger partial charge is 0.422 e. The van der Waals surface area contributed by atoms with Gasteiger partial charge in [0.15, 0.2) is 11.5 Å². The quantitative estimate of drug-likeness (QED) is 0.689. The Labute approximate surface area is 184 Å². The highest BCUT2D eigenvalue weighted by Crippen LogP contribution is 2.36. The number of carbonyl (C=O) groups is 2. The Balaban J connectivity index is 2.56. The molecule has 0 saturated heterocycles. The number of hydrogen-bond acceptors (Lipinski definition) is 7. The van der Waals surface area contributed by atoms with Crippen molar-refractivity contribution in [1.29, 1.82) is 0 Å². The lowest BCUT2D eigenvalue weighted by Crippen LogP contribution is -2.41. The highest BCUT2D eigenvalue weighted by Gasteiger charge is 2.33. The molecule has 1 aromatic heterocycles. The maximum absolute atomic E-state index is 13.3. The second-order valence-corrected chi connectivity index (χ2v) is 7.82. The molecule has 1 aromatic carbocycles. The molecular weight excluding hydrogens is 435 g/mol. The zero-order valence-electron chi connectivity index (χ0n) is 16.9. The van der Waals surface area contributed by atoms with Crippen LogP contribution in [0.3, 0.4) is 0 Å². The van der Waals surface area contributed by atoms with Crippen LogP contribution in [0.2, 0.25) is 10.0 Å². The fourth-order valence-corrected chi connectivity index (χ4v) is 2.94. The third-order valence-electron chi connectivity index (χ3n) is 3.59. The van der Waals surface area contributed by atoms with Crippen molar-refractivity contribution >= 4 is 40.9 Å². The van der Waals surface area contributed by atoms with Crippen molar-refractivity contribution in [1.82, 2.24) is 4.98 Å². The molecule has 0 fully saturated rings. The summed E-state index contributed by atoms with van der Waals surface area (Å²) in [6.45, 7) is 4.76. The summed E-state index contributed by atoms with van der Waals surface area (Å²) in [4.78, 5) is 30.9. The highest BCUT2D eigenvalue weighted by molar-refractivity contribution is 6.41. The van der Waals surface area contributed by atoms with Gasteiger partial charge in [-0.05, 0) is 39.0 Å². The number of ether oxygens (including phenoxy) is 3. The van der Waals surface area contributed by atoms with E-state index in [1.165, 1.54) is 37.7 Å². The number of nitrogens with zero attached hydrogens (tertiary/aromatic N) is 2. The van der Waals surface area contributed by atoms with E-state index in [1.807, 2.05) is 0 Å². The van der Waals surface area contributed by atoms with Crippen LogP contribution in [0.5, 0.6) is 11.5 Å². The number of amides is 2. The van der Waals surface area contributed by atoms with Gasteiger partial charge in [0.1, 0.15) is 12.2 Å². The summed E-state index contributed by atoms with van der Waals surface area (Å²) >= 11 is 12.4. The summed E-state index contributed by atoms with van der Waals surface area (Å²) in [6, 6.07) is 4.34. The van der Waals surface area contributed by atoms with Gasteiger partial charge in [-0.3, -0.25) is 9.78 Å². The first kappa shape index (κ1) is 23.7. The molecule has 0 spiro atoms. The monoisotopic (exact) mass is 456 g/mol. The topological polar surface area (TPSA) is 98.2 Å². The molecular formula is C20H22Cl2N2O6. The average Bonchev–Trinajstić information content (AvgIpc) is 2.67. The molecule has 2 aromatic rings. The number of anilines is 1. The van der Waals surface area contributed by atoms with Crippen LogP contribution in [-0.2, 0) is 4.74 Å². The lowest BCUT2D eigenvalue weighted by atomic mass is 10.1. The van der Waals surface area contributed by atoms with Crippen LogP contribution in [0, 0.1) is 0 Å². The molecule has 1 N–H and O–H groups in total. The van der Waals surface area contributed by atoms with Crippen molar-refractivity contribution in [3.8, 4) is 11.5 Å². The molecule has 8 nitrogen and oxygen atoms in total. The van der Waals surface area contributed by atoms with Gasteiger partial charge in [0, 0.05) is 18.0 Å². The molecule has 0 aliphatic heterocycles. The number of benzene rings is 1. The van der Waals surface area contributed by atoms with Crippen molar-refractivity contribution in [3.05, 3.63) is 46.2 Å². The van der Waals surface area contributed by atoms with Crippen LogP contribution >= 0.6 is 23.2 Å². The number of rotatable bonds is 6. The molecule has 0 radical (unpaired) electrons. The summed E-state index contributed by atoms with van der Waals surface area (Å²) in [5.41, 5.74) is -0.851. The molecule has 2 rings (SSSR count). The molecule has 10 heteroatoms. The first-order chi connectivity index (χ1) is 14.1. The Kier molecular flexibility index (Phi) is 7.89. The maximum Gasteiger partial charge on any atom is 0.422 e. The molecule has 0 saturated carbocycles. The second-order valence-electron chi connectivity index (χ2n) is 7.01. The van der Waals surface area contributed by atoms with Crippen molar-refractivity contribution in [3.63, 3.8) is 0 Å². The van der Waals surface area contributed by atoms with E-state index in [0.29, 0.717) is 5.75 Å². The Morgan fingerprint density at radius 1 is 1.13 bits per heavy atom. The SMILES string of the molecule is COc1ccc(C(=O)N(C(=O)OC(C)(C)C)c2c(Cl)cncc2Cl)cc1OCCO. The molecule has 0 unspecified atom stereocenters. The van der Waals surface area contributed by atoms with Crippen molar-refractivity contribution in [2.24, 2.45) is 0 Å². The lowest BCUT2D eigenvalue weighted by Gasteiger charge is -2.27. The molecule has 0 aliphatic rings. The Hall–Kier alpha value is -2.55. The van der Waals surface area contributed by atoms with Crippen LogP contribution in [0.1, 0.15) is 31.1 Å². The Bertz CT molecular complexity index is 910. The van der Waals surface area contributed by atoms with E-state index in [4.69, 9.17) is 42.5 Å². The van der Waals surface area contributed by atoms with E-state index < -0.39 is 17.6 Å². The largest absolute Gasteiger partial charge is 0.493 e. The summed E-state index contributed by atoms with van der Waals surface area (Å²) in [7, 11) is 1.44. The van der Waals surface area contributed by atoms with Crippen molar-refractivity contribution in [2.75, 3.05) is 25.2 Å². The fourth-order valence-electron chi connectivity index (χ4n) is 2.41. The number of aliphatic hydroxyl groups excluding tert-OH is 1. The van der Waals surface area contributed by atoms with Crippen LogP contribution < -0.4 is 14.4 Å². The summed E-state index contributed by atoms with van der Waals surface area (Å²) in [5, 5.41) is 9.00. The minimum atomic E-state index is -0.962. The summed E-state index contributed by atoms with van der Waals surface area (Å²) in [6.07, 6.45) is 1.56. The van der Waals surface area contributed by atoms with E-state index in [1.54, 1.807) is 20.8 Å². The van der Waals surface area contributed by atoms with E-state index >= 15 is 0 Å². The van der Waals surface area contributed by atoms with Crippen LogP contribution in [0.25, 0.3) is 0 Å². The van der Waals surface area contributed by atoms with Crippen LogP contribution in [0.15, 0.2) is 30.6 Å². The third-order valence-corrected chi connectivity index (χ3v) is 4.14. The van der Waals surface area contributed by atoms with Gasteiger partial charge in [-0.1, -0.05) is 23.2 Å². The minimum absolute atomic E-state index is 0.00743. The first-order valence-electron chi connectivity index (χ1n) is 8.87. The molecule has 30 heavy (non-hydrogen) atoms. The van der Waals surface area contributed by atoms with Crippen LogP contribution in [0.4, 0.5) is 10.5 Å². The molecule has 0 atom stereocenters. The van der Waals surface area contributed by atoms with Gasteiger partial charge in [0.25, 0.3) is 5.91 Å². The van der Waals surface area contributed by atoms with E-state index in [0.717, 1.165) is 4.90 Å². The number of hydrogen-bond donors (Lipinski definition) is 1. The summed E-state index contributed by atoms with van der Waals surface area (Å²) in [5.74, 6) is -0.187. The molecule has 0 bridgehead atoms. The number of aliphatic hydroxyl groups is 1. The average molecular weight is 457 g/mol. The normalized spacial score (nSPS) is 11.0. The Morgan fingerprint density at radius 3 is 2.30 bits per heavy atom. The van der Waals surface area contributed by atoms with Crippen molar-refractivity contribution in [2.45, 2.75) is 26.4 Å². The molecule has 2 amide bonds. The van der Waals surface area contributed by atoms with Gasteiger partial charge >= 0.3 is 6.09 Å². The standard InChI is InChI=1S/C20H22Cl2N2O6/c1-20(2,3)30-19(27)24(17-13(21)10-23-11-14(17)22)18(26)12-5-6-15(28-4)16(9-12)29-8-7-25/h5-6,9-11,25H,7-8H2,1-4H3. The molecule has 162 valence electrons. The second kappa shape index (κ2) is 9.97. The summed E-state index contributed by atoms with van der Waals surface area (Å²) < 4.78 is 16.0. The molecule has 0 aliphatic carbocycles. The van der Waals surface area contributed by atoms with Gasteiger partial charge in [0.2, 0.25) is 0 Å². The zero-order chi connectivity index (χ0) is 22.5. The van der Waals surface area contributed by atoms with Crippen LogP contribution in [-0.4, -0.2) is 48.0 Å². The predicted molar refractivity (Wildman–Crippen MR) is 113 cm³/mol. The number of halogens is 2. The zero-order valence-corrected chi connectivity index (χ0v) is 18.5. The van der Waals surface area contributed by atoms with Gasteiger partial charge in [-0.2, -0.15) is 0 Å². The van der Waals surface area contributed by atoms with Gasteiger partial charge < -0.3 is 19.3 Å². The Morgan fingerprint density at radius 2 is 1.77 bits per heavy atom. The number of methoxy groups -OCH3 is 1. The number of pyridine rings is 1. The number of aromatic nitrogens is 1. The first-order valence-corrected chi connectivity index (χ1v) is 9.62. The molecule has 1 heterocycles. The fraction of sp³-hybridized carbons (Fsp3) is 0.350. The van der Waals surface area contributed by atoms with Gasteiger partial charge in [-0.25, -0.2) is 9.69 Å². The highest BCUT2D eigenvalue weighted by atomic mass is 35.5. The van der Waals surface area contributed by atoms with Gasteiger partial charge in [-0.15, -0.1) is 0 Å². The lowest BCUT2D eigenvalue weighted by molar-refractivity contribution is 0.0564. The maximum atomic E-state index is 13.3. The van der Waals surface area contributed by atoms with E-state index in [2.05, 4.69) is 4.98 Å². The predicted octanol–water partition coefficient (Wildman–Crippen LogP) is 4.35. The van der Waals surface area contributed by atoms with Gasteiger partial charge in [0.05, 0.1) is 29.4 Å². The van der Waals surface area contributed by atoms with E-state index in [-0.39, 0.29) is 40.3 Å². The number of carbonyl (C=O) groups excluding carboxylic acids is 2. The van der Waals surface area contributed by atoms with Crippen molar-refractivity contribution < 1.29 is 28.9 Å².